The van der Waals surface area contributed by atoms with Crippen molar-refractivity contribution in [1.82, 2.24) is 0 Å². The first-order valence-electron chi connectivity index (χ1n) is 4.25. The Hall–Kier alpha value is -0.550. The van der Waals surface area contributed by atoms with Crippen molar-refractivity contribution < 1.29 is 19.0 Å². The third kappa shape index (κ3) is 2.99. The molecule has 0 amide bonds. The number of thioether (sulfide) groups is 1. The molecule has 0 radical (unpaired) electrons. The molecule has 14 heavy (non-hydrogen) atoms. The highest BCUT2D eigenvalue weighted by molar-refractivity contribution is 8.01. The zero-order chi connectivity index (χ0) is 11.2. The highest BCUT2D eigenvalue weighted by Crippen LogP contribution is 2.32. The van der Waals surface area contributed by atoms with Crippen LogP contribution in [0.1, 0.15) is 13.8 Å². The van der Waals surface area contributed by atoms with Crippen LogP contribution in [0.15, 0.2) is 12.2 Å². The lowest BCUT2D eigenvalue weighted by Gasteiger charge is -2.24. The molecule has 0 aliphatic carbocycles. The number of aliphatic hydroxyl groups excluding tert-OH is 1. The maximum Gasteiger partial charge on any atom is 0.357 e. The van der Waals surface area contributed by atoms with Gasteiger partial charge in [0.2, 0.25) is 0 Å². The van der Waals surface area contributed by atoms with Gasteiger partial charge in [-0.3, -0.25) is 0 Å². The van der Waals surface area contributed by atoms with Crippen LogP contribution in [0.3, 0.4) is 0 Å². The molecule has 0 bridgehead atoms. The number of hydrogen-bond donors (Lipinski definition) is 1. The third-order valence-corrected chi connectivity index (χ3v) is 2.69. The molecule has 0 aromatic heterocycles. The van der Waals surface area contributed by atoms with E-state index in [2.05, 4.69) is 4.74 Å². The van der Waals surface area contributed by atoms with Gasteiger partial charge in [0.25, 0.3) is 5.00 Å². The largest absolute Gasteiger partial charge is 0.466 e. The number of halogens is 1. The zero-order valence-electron chi connectivity index (χ0n) is 8.49. The predicted octanol–water partition coefficient (Wildman–Crippen LogP) is 1.52. The van der Waals surface area contributed by atoms with Gasteiger partial charge in [-0.1, -0.05) is 19.1 Å². The summed E-state index contributed by atoms with van der Waals surface area (Å²) in [7, 11) is 1.09. The number of allylic oxidation sites excluding steroid dienone is 1. The van der Waals surface area contributed by atoms with Crippen molar-refractivity contribution >= 4 is 17.7 Å². The van der Waals surface area contributed by atoms with Crippen LogP contribution < -0.4 is 0 Å². The highest BCUT2D eigenvalue weighted by atomic mass is 32.2. The number of methoxy groups -OCH3 is 1. The first kappa shape index (κ1) is 13.4. The Morgan fingerprint density at radius 1 is 1.79 bits per heavy atom. The SMILES string of the molecule is C/C=C/C(O)[C@@](F)(SCC)C(=O)OC. The second kappa shape index (κ2) is 6.03. The number of alkyl halides is 1. The summed E-state index contributed by atoms with van der Waals surface area (Å²) in [6.45, 7) is 3.34. The zero-order valence-corrected chi connectivity index (χ0v) is 9.31. The minimum Gasteiger partial charge on any atom is -0.466 e. The lowest BCUT2D eigenvalue weighted by molar-refractivity contribution is -0.152. The molecule has 0 fully saturated rings. The lowest BCUT2D eigenvalue weighted by Crippen LogP contribution is -2.42. The molecule has 0 heterocycles. The summed E-state index contributed by atoms with van der Waals surface area (Å²) in [5.74, 6) is -0.685. The molecule has 0 saturated heterocycles. The molecule has 82 valence electrons. The smallest absolute Gasteiger partial charge is 0.357 e. The Labute approximate surface area is 87.3 Å². The van der Waals surface area contributed by atoms with Crippen molar-refractivity contribution in [3.63, 3.8) is 0 Å². The average molecular weight is 222 g/mol. The van der Waals surface area contributed by atoms with E-state index in [4.69, 9.17) is 0 Å². The minimum absolute atomic E-state index is 0.375. The molecule has 0 aliphatic rings. The predicted molar refractivity (Wildman–Crippen MR) is 54.8 cm³/mol. The number of carbonyl (C=O) groups is 1. The topological polar surface area (TPSA) is 46.5 Å². The summed E-state index contributed by atoms with van der Waals surface area (Å²) in [6.07, 6.45) is 1.22. The van der Waals surface area contributed by atoms with Crippen LogP contribution in [0.4, 0.5) is 4.39 Å². The lowest BCUT2D eigenvalue weighted by atomic mass is 10.2. The minimum atomic E-state index is -2.41. The summed E-state index contributed by atoms with van der Waals surface area (Å²) in [5.41, 5.74) is 0. The molecule has 0 aromatic rings. The maximum absolute atomic E-state index is 14.0. The second-order valence-electron chi connectivity index (χ2n) is 2.54. The fraction of sp³-hybridized carbons (Fsp3) is 0.667. The van der Waals surface area contributed by atoms with E-state index in [9.17, 15) is 14.3 Å². The van der Waals surface area contributed by atoms with Crippen LogP contribution in [-0.2, 0) is 9.53 Å². The number of ether oxygens (including phenoxy) is 1. The van der Waals surface area contributed by atoms with Gasteiger partial charge in [-0.05, 0) is 12.7 Å². The van der Waals surface area contributed by atoms with Crippen molar-refractivity contribution in [1.29, 1.82) is 0 Å². The van der Waals surface area contributed by atoms with E-state index in [1.54, 1.807) is 13.8 Å². The molecule has 0 rings (SSSR count). The molecule has 0 spiro atoms. The number of rotatable bonds is 5. The second-order valence-corrected chi connectivity index (χ2v) is 4.00. The molecule has 1 unspecified atom stereocenters. The molecule has 5 heteroatoms. The van der Waals surface area contributed by atoms with Gasteiger partial charge in [-0.2, -0.15) is 0 Å². The molecular weight excluding hydrogens is 207 g/mol. The quantitative estimate of drug-likeness (QED) is 0.566. The van der Waals surface area contributed by atoms with Gasteiger partial charge in [0.1, 0.15) is 6.10 Å². The van der Waals surface area contributed by atoms with Crippen LogP contribution in [0, 0.1) is 0 Å². The van der Waals surface area contributed by atoms with Gasteiger partial charge in [0.05, 0.1) is 7.11 Å². The maximum atomic E-state index is 14.0. The molecule has 1 N–H and O–H groups in total. The van der Waals surface area contributed by atoms with E-state index >= 15 is 0 Å². The van der Waals surface area contributed by atoms with Crippen LogP contribution in [-0.4, -0.2) is 35.0 Å². The molecule has 0 saturated carbocycles. The summed E-state index contributed by atoms with van der Waals surface area (Å²) < 4.78 is 18.3. The van der Waals surface area contributed by atoms with Gasteiger partial charge in [0.15, 0.2) is 0 Å². The van der Waals surface area contributed by atoms with Crippen LogP contribution in [0.25, 0.3) is 0 Å². The summed E-state index contributed by atoms with van der Waals surface area (Å²) >= 11 is 0.717. The van der Waals surface area contributed by atoms with Crippen molar-refractivity contribution in [2.45, 2.75) is 25.0 Å². The van der Waals surface area contributed by atoms with Crippen LogP contribution >= 0.6 is 11.8 Å². The van der Waals surface area contributed by atoms with Gasteiger partial charge < -0.3 is 9.84 Å². The number of esters is 1. The van der Waals surface area contributed by atoms with Crippen molar-refractivity contribution in [2.75, 3.05) is 12.9 Å². The molecule has 0 aromatic carbocycles. The van der Waals surface area contributed by atoms with E-state index in [1.165, 1.54) is 12.2 Å². The van der Waals surface area contributed by atoms with E-state index < -0.39 is 17.1 Å². The highest BCUT2D eigenvalue weighted by Gasteiger charge is 2.46. The van der Waals surface area contributed by atoms with Crippen molar-refractivity contribution in [3.05, 3.63) is 12.2 Å². The van der Waals surface area contributed by atoms with E-state index in [-0.39, 0.29) is 0 Å². The summed E-state index contributed by atoms with van der Waals surface area (Å²) in [6, 6.07) is 0. The molecule has 2 atom stereocenters. The average Bonchev–Trinajstić information content (AvgIpc) is 2.17. The van der Waals surface area contributed by atoms with Crippen molar-refractivity contribution in [2.24, 2.45) is 0 Å². The number of hydrogen-bond acceptors (Lipinski definition) is 4. The van der Waals surface area contributed by atoms with Gasteiger partial charge in [-0.25, -0.2) is 9.18 Å². The Kier molecular flexibility index (Phi) is 5.79. The molecule has 0 aliphatic heterocycles. The summed E-state index contributed by atoms with van der Waals surface area (Å²) in [5, 5.41) is 7.01. The van der Waals surface area contributed by atoms with E-state index in [1.807, 2.05) is 0 Å². The summed E-state index contributed by atoms with van der Waals surface area (Å²) in [4.78, 5) is 11.1. The third-order valence-electron chi connectivity index (χ3n) is 1.57. The fourth-order valence-electron chi connectivity index (χ4n) is 0.920. The van der Waals surface area contributed by atoms with Gasteiger partial charge >= 0.3 is 5.97 Å². The standard InChI is InChI=1S/C9H15FO3S/c1-4-6-7(11)9(10,14-5-2)8(12)13-3/h4,6-7,11H,5H2,1-3H3/b6-4+/t7?,9-/m1/s1. The van der Waals surface area contributed by atoms with Crippen molar-refractivity contribution in [3.8, 4) is 0 Å². The monoisotopic (exact) mass is 222 g/mol. The molecular formula is C9H15FO3S. The van der Waals surface area contributed by atoms with Crippen LogP contribution in [0.5, 0.6) is 0 Å². The number of carbonyl (C=O) groups excluding carboxylic acids is 1. The van der Waals surface area contributed by atoms with Crippen LogP contribution in [0.2, 0.25) is 0 Å². The fourth-order valence-corrected chi connectivity index (χ4v) is 1.79. The Balaban J connectivity index is 4.77. The number of aliphatic hydroxyl groups is 1. The Morgan fingerprint density at radius 3 is 2.71 bits per heavy atom. The normalized spacial score (nSPS) is 17.8. The van der Waals surface area contributed by atoms with E-state index in [0.29, 0.717) is 17.5 Å². The van der Waals surface area contributed by atoms with Gasteiger partial charge in [0, 0.05) is 0 Å². The van der Waals surface area contributed by atoms with Gasteiger partial charge in [-0.15, -0.1) is 11.8 Å². The Bertz CT molecular complexity index is 220. The van der Waals surface area contributed by atoms with E-state index in [0.717, 1.165) is 7.11 Å². The Morgan fingerprint density at radius 2 is 2.36 bits per heavy atom. The first-order chi connectivity index (χ1) is 6.52. The molecule has 3 nitrogen and oxygen atoms in total. The first-order valence-corrected chi connectivity index (χ1v) is 5.23.